The molecule has 6 rings (SSSR count). The maximum atomic E-state index is 6.72. The summed E-state index contributed by atoms with van der Waals surface area (Å²) < 4.78 is 18.5. The Morgan fingerprint density at radius 1 is 0.700 bits per heavy atom. The molecule has 3 fully saturated rings. The molecule has 5 heteroatoms. The quantitative estimate of drug-likeness (QED) is 0.675. The molecule has 30 heavy (non-hydrogen) atoms. The number of benzene rings is 2. The highest BCUT2D eigenvalue weighted by molar-refractivity contribution is 5.70. The van der Waals surface area contributed by atoms with Gasteiger partial charge in [-0.2, -0.15) is 4.89 Å². The Balaban J connectivity index is 1.31. The van der Waals surface area contributed by atoms with Crippen molar-refractivity contribution in [2.45, 2.75) is 55.4 Å². The van der Waals surface area contributed by atoms with E-state index in [0.717, 1.165) is 18.4 Å². The minimum atomic E-state index is -0.758. The predicted molar refractivity (Wildman–Crippen MR) is 110 cm³/mol. The lowest BCUT2D eigenvalue weighted by molar-refractivity contribution is -0.534. The lowest BCUT2D eigenvalue weighted by Crippen LogP contribution is -2.57. The number of ether oxygens (including phenoxy) is 3. The molecule has 4 aliphatic rings. The van der Waals surface area contributed by atoms with E-state index < -0.39 is 17.2 Å². The first kappa shape index (κ1) is 18.7. The fourth-order valence-corrected chi connectivity index (χ4v) is 5.25. The zero-order chi connectivity index (χ0) is 20.1. The molecule has 5 nitrogen and oxygen atoms in total. The molecule has 0 N–H and O–H groups in total. The first-order chi connectivity index (χ1) is 14.7. The summed E-state index contributed by atoms with van der Waals surface area (Å²) in [5.74, 6) is -1.22. The average molecular weight is 406 g/mol. The number of fused-ring (bicyclic) bond motifs is 1. The van der Waals surface area contributed by atoms with Gasteiger partial charge in [0.2, 0.25) is 5.79 Å². The minimum Gasteiger partial charge on any atom is -0.348 e. The first-order valence-electron chi connectivity index (χ1n) is 10.9. The standard InChI is InChI=1S/C25H26O5/c1-3-7-19(8-4-1)20-17-22-25(18-20,21-9-5-2-6-10-21)30-29-24(28-22)13-11-23(12-14-24)26-15-16-27-23/h1-10,17,22H,11-16,18H2/t22-,25-/m1/s1. The van der Waals surface area contributed by atoms with Crippen LogP contribution < -0.4 is 0 Å². The number of hydrogen-bond acceptors (Lipinski definition) is 5. The van der Waals surface area contributed by atoms with Crippen molar-refractivity contribution in [2.24, 2.45) is 0 Å². The van der Waals surface area contributed by atoms with E-state index in [1.807, 2.05) is 24.3 Å². The van der Waals surface area contributed by atoms with Gasteiger partial charge in [0.25, 0.3) is 0 Å². The van der Waals surface area contributed by atoms with Crippen LogP contribution in [0.1, 0.15) is 43.2 Å². The van der Waals surface area contributed by atoms with Crippen LogP contribution in [-0.4, -0.2) is 30.9 Å². The van der Waals surface area contributed by atoms with Gasteiger partial charge in [-0.15, -0.1) is 0 Å². The highest BCUT2D eigenvalue weighted by Crippen LogP contribution is 2.54. The van der Waals surface area contributed by atoms with Gasteiger partial charge in [-0.3, -0.25) is 0 Å². The summed E-state index contributed by atoms with van der Waals surface area (Å²) >= 11 is 0. The van der Waals surface area contributed by atoms with E-state index in [4.69, 9.17) is 24.0 Å². The lowest BCUT2D eigenvalue weighted by Gasteiger charge is -2.50. The molecule has 156 valence electrons. The van der Waals surface area contributed by atoms with Crippen LogP contribution in [0.5, 0.6) is 0 Å². The van der Waals surface area contributed by atoms with Crippen molar-refractivity contribution in [2.75, 3.05) is 13.2 Å². The fraction of sp³-hybridized carbons (Fsp3) is 0.440. The molecule has 0 aromatic heterocycles. The van der Waals surface area contributed by atoms with Crippen LogP contribution in [0, 0.1) is 0 Å². The molecule has 2 spiro atoms. The number of hydrogen-bond donors (Lipinski definition) is 0. The lowest BCUT2D eigenvalue weighted by atomic mass is 9.85. The van der Waals surface area contributed by atoms with E-state index in [9.17, 15) is 0 Å². The Hall–Kier alpha value is -2.02. The Morgan fingerprint density at radius 3 is 2.03 bits per heavy atom. The van der Waals surface area contributed by atoms with E-state index >= 15 is 0 Å². The van der Waals surface area contributed by atoms with E-state index in [1.165, 1.54) is 11.1 Å². The molecule has 0 bridgehead atoms. The molecule has 2 heterocycles. The van der Waals surface area contributed by atoms with Crippen LogP contribution in [0.2, 0.25) is 0 Å². The summed E-state index contributed by atoms with van der Waals surface area (Å²) in [5, 5.41) is 0. The summed E-state index contributed by atoms with van der Waals surface area (Å²) in [6.45, 7) is 1.32. The van der Waals surface area contributed by atoms with Crippen molar-refractivity contribution in [1.82, 2.24) is 0 Å². The SMILES string of the molecule is C1=C(c2ccccc2)C[C@]2(c3ccccc3)OOC3(CCC4(CC3)OCCO4)O[C@H]12. The molecule has 2 aliphatic carbocycles. The maximum Gasteiger partial charge on any atom is 0.202 e. The molecule has 0 radical (unpaired) electrons. The monoisotopic (exact) mass is 406 g/mol. The van der Waals surface area contributed by atoms with E-state index in [-0.39, 0.29) is 6.10 Å². The van der Waals surface area contributed by atoms with Crippen molar-refractivity contribution >= 4 is 5.57 Å². The maximum absolute atomic E-state index is 6.72. The molecule has 2 saturated heterocycles. The minimum absolute atomic E-state index is 0.219. The first-order valence-corrected chi connectivity index (χ1v) is 10.9. The van der Waals surface area contributed by atoms with Crippen LogP contribution >= 0.6 is 0 Å². The molecule has 2 atom stereocenters. The predicted octanol–water partition coefficient (Wildman–Crippen LogP) is 4.73. The normalized spacial score (nSPS) is 31.6. The zero-order valence-corrected chi connectivity index (χ0v) is 16.9. The van der Waals surface area contributed by atoms with Gasteiger partial charge in [0, 0.05) is 32.1 Å². The summed E-state index contributed by atoms with van der Waals surface area (Å²) in [4.78, 5) is 12.4. The Labute approximate surface area is 176 Å². The van der Waals surface area contributed by atoms with Gasteiger partial charge in [0.05, 0.1) is 13.2 Å². The van der Waals surface area contributed by atoms with Crippen molar-refractivity contribution in [1.29, 1.82) is 0 Å². The van der Waals surface area contributed by atoms with Gasteiger partial charge in [0.1, 0.15) is 6.10 Å². The Bertz CT molecular complexity index is 925. The Morgan fingerprint density at radius 2 is 1.33 bits per heavy atom. The molecular formula is C25H26O5. The van der Waals surface area contributed by atoms with E-state index in [1.54, 1.807) is 0 Å². The van der Waals surface area contributed by atoms with Gasteiger partial charge in [0.15, 0.2) is 11.4 Å². The molecular weight excluding hydrogens is 380 g/mol. The summed E-state index contributed by atoms with van der Waals surface area (Å²) in [6.07, 6.45) is 5.57. The van der Waals surface area contributed by atoms with Gasteiger partial charge >= 0.3 is 0 Å². The van der Waals surface area contributed by atoms with Crippen LogP contribution in [0.3, 0.4) is 0 Å². The van der Waals surface area contributed by atoms with Crippen LogP contribution in [-0.2, 0) is 29.6 Å². The third-order valence-electron chi connectivity index (χ3n) is 6.94. The van der Waals surface area contributed by atoms with Gasteiger partial charge in [-0.25, -0.2) is 4.89 Å². The smallest absolute Gasteiger partial charge is 0.202 e. The van der Waals surface area contributed by atoms with Crippen LogP contribution in [0.15, 0.2) is 66.7 Å². The van der Waals surface area contributed by atoms with Crippen molar-refractivity contribution < 1.29 is 24.0 Å². The third-order valence-corrected chi connectivity index (χ3v) is 6.94. The van der Waals surface area contributed by atoms with Gasteiger partial charge in [-0.05, 0) is 22.8 Å². The highest BCUT2D eigenvalue weighted by Gasteiger charge is 2.59. The molecule has 1 saturated carbocycles. The Kier molecular flexibility index (Phi) is 4.37. The van der Waals surface area contributed by atoms with Crippen molar-refractivity contribution in [3.63, 3.8) is 0 Å². The van der Waals surface area contributed by atoms with Gasteiger partial charge < -0.3 is 14.2 Å². The molecule has 2 aliphatic heterocycles. The number of rotatable bonds is 2. The molecule has 0 amide bonds. The van der Waals surface area contributed by atoms with Crippen LogP contribution in [0.4, 0.5) is 0 Å². The second-order valence-corrected chi connectivity index (χ2v) is 8.71. The van der Waals surface area contributed by atoms with Gasteiger partial charge in [-0.1, -0.05) is 60.7 Å². The average Bonchev–Trinajstić information content (AvgIpc) is 3.43. The van der Waals surface area contributed by atoms with E-state index in [0.29, 0.717) is 32.5 Å². The summed E-state index contributed by atoms with van der Waals surface area (Å²) in [7, 11) is 0. The second-order valence-electron chi connectivity index (χ2n) is 8.71. The largest absolute Gasteiger partial charge is 0.348 e. The topological polar surface area (TPSA) is 46.2 Å². The zero-order valence-electron chi connectivity index (χ0n) is 16.9. The van der Waals surface area contributed by atoms with Crippen molar-refractivity contribution in [3.8, 4) is 0 Å². The summed E-state index contributed by atoms with van der Waals surface area (Å²) in [6, 6.07) is 20.7. The molecule has 2 aromatic rings. The van der Waals surface area contributed by atoms with Crippen LogP contribution in [0.25, 0.3) is 5.57 Å². The fourth-order valence-electron chi connectivity index (χ4n) is 5.25. The third kappa shape index (κ3) is 2.96. The highest BCUT2D eigenvalue weighted by atomic mass is 17.2. The van der Waals surface area contributed by atoms with Crippen molar-refractivity contribution in [3.05, 3.63) is 77.9 Å². The molecule has 2 aromatic carbocycles. The summed E-state index contributed by atoms with van der Waals surface area (Å²) in [5.41, 5.74) is 2.81. The molecule has 0 unspecified atom stereocenters. The van der Waals surface area contributed by atoms with E-state index in [2.05, 4.69) is 42.5 Å². The second kappa shape index (κ2) is 7.01.